The highest BCUT2D eigenvalue weighted by molar-refractivity contribution is 5.59. The summed E-state index contributed by atoms with van der Waals surface area (Å²) >= 11 is 0. The van der Waals surface area contributed by atoms with Crippen LogP contribution in [-0.2, 0) is 6.54 Å². The van der Waals surface area contributed by atoms with E-state index < -0.39 is 0 Å². The van der Waals surface area contributed by atoms with Gasteiger partial charge in [-0.15, -0.1) is 0 Å². The Kier molecular flexibility index (Phi) is 4.44. The van der Waals surface area contributed by atoms with Gasteiger partial charge < -0.3 is 15.2 Å². The van der Waals surface area contributed by atoms with Crippen molar-refractivity contribution in [2.75, 3.05) is 10.6 Å². The number of aromatic nitrogens is 5. The van der Waals surface area contributed by atoms with Gasteiger partial charge in [0.1, 0.15) is 11.5 Å². The van der Waals surface area contributed by atoms with Gasteiger partial charge in [-0.2, -0.15) is 10.1 Å². The van der Waals surface area contributed by atoms with Crippen LogP contribution in [-0.4, -0.2) is 25.3 Å². The van der Waals surface area contributed by atoms with Crippen LogP contribution in [0.4, 0.5) is 17.6 Å². The van der Waals surface area contributed by atoms with Crippen LogP contribution in [0.2, 0.25) is 0 Å². The van der Waals surface area contributed by atoms with Gasteiger partial charge in [0, 0.05) is 35.5 Å². The first-order valence-electron chi connectivity index (χ1n) is 9.65. The Balaban J connectivity index is 1.22. The average Bonchev–Trinajstić information content (AvgIpc) is 3.29. The van der Waals surface area contributed by atoms with E-state index in [9.17, 15) is 0 Å². The Morgan fingerprint density at radius 2 is 1.97 bits per heavy atom. The summed E-state index contributed by atoms with van der Waals surface area (Å²) < 4.78 is 5.43. The van der Waals surface area contributed by atoms with Crippen molar-refractivity contribution in [2.24, 2.45) is 0 Å². The molecule has 1 aromatic carbocycles. The van der Waals surface area contributed by atoms with Crippen LogP contribution in [0.1, 0.15) is 35.8 Å². The van der Waals surface area contributed by atoms with Gasteiger partial charge in [0.15, 0.2) is 11.6 Å². The topological polar surface area (TPSA) is 105 Å². The van der Waals surface area contributed by atoms with Crippen LogP contribution in [0, 0.1) is 6.92 Å². The molecule has 0 spiro atoms. The maximum Gasteiger partial charge on any atom is 0.224 e. The molecule has 0 bridgehead atoms. The molecule has 0 radical (unpaired) electrons. The summed E-state index contributed by atoms with van der Waals surface area (Å²) in [6, 6.07) is 13.9. The van der Waals surface area contributed by atoms with Gasteiger partial charge in [0.2, 0.25) is 5.95 Å². The fourth-order valence-corrected chi connectivity index (χ4v) is 3.07. The largest absolute Gasteiger partial charge is 0.359 e. The molecule has 3 heterocycles. The van der Waals surface area contributed by atoms with E-state index in [0.29, 0.717) is 30.0 Å². The minimum Gasteiger partial charge on any atom is -0.359 e. The Bertz CT molecular complexity index is 1110. The second-order valence-corrected chi connectivity index (χ2v) is 7.27. The quantitative estimate of drug-likeness (QED) is 0.432. The number of hydrogen-bond acceptors (Lipinski definition) is 7. The molecular weight excluding hydrogens is 366 g/mol. The van der Waals surface area contributed by atoms with Gasteiger partial charge in [0.05, 0.1) is 6.54 Å². The minimum atomic E-state index is 0.441. The first kappa shape index (κ1) is 17.4. The molecule has 29 heavy (non-hydrogen) atoms. The summed E-state index contributed by atoms with van der Waals surface area (Å²) in [4.78, 5) is 8.74. The molecule has 4 aromatic rings. The highest BCUT2D eigenvalue weighted by Crippen LogP contribution is 2.39. The Morgan fingerprint density at radius 3 is 2.79 bits per heavy atom. The molecular formula is C21H21N7O. The molecule has 0 aliphatic heterocycles. The van der Waals surface area contributed by atoms with Crippen LogP contribution in [0.25, 0.3) is 11.3 Å². The summed E-state index contributed by atoms with van der Waals surface area (Å²) in [7, 11) is 0. The summed E-state index contributed by atoms with van der Waals surface area (Å²) in [5, 5.41) is 17.9. The van der Waals surface area contributed by atoms with Crippen LogP contribution in [0.15, 0.2) is 53.2 Å². The van der Waals surface area contributed by atoms with Crippen LogP contribution in [0.5, 0.6) is 0 Å². The maximum atomic E-state index is 5.43. The number of anilines is 3. The summed E-state index contributed by atoms with van der Waals surface area (Å²) in [6.45, 7) is 2.50. The first-order chi connectivity index (χ1) is 14.2. The molecule has 1 fully saturated rings. The fourth-order valence-electron chi connectivity index (χ4n) is 3.07. The molecule has 0 atom stereocenters. The first-order valence-corrected chi connectivity index (χ1v) is 9.65. The lowest BCUT2D eigenvalue weighted by Gasteiger charge is -2.05. The Labute approximate surface area is 167 Å². The van der Waals surface area contributed by atoms with E-state index in [1.54, 1.807) is 12.3 Å². The van der Waals surface area contributed by atoms with E-state index in [2.05, 4.69) is 55.0 Å². The highest BCUT2D eigenvalue weighted by atomic mass is 16.5. The zero-order valence-corrected chi connectivity index (χ0v) is 16.0. The van der Waals surface area contributed by atoms with E-state index >= 15 is 0 Å². The number of hydrogen-bond donors (Lipinski definition) is 3. The second-order valence-electron chi connectivity index (χ2n) is 7.27. The molecule has 8 nitrogen and oxygen atoms in total. The second kappa shape index (κ2) is 7.38. The van der Waals surface area contributed by atoms with Gasteiger partial charge in [-0.1, -0.05) is 35.0 Å². The molecule has 8 heteroatoms. The van der Waals surface area contributed by atoms with Gasteiger partial charge in [-0.3, -0.25) is 5.10 Å². The van der Waals surface area contributed by atoms with E-state index in [1.165, 1.54) is 24.1 Å². The summed E-state index contributed by atoms with van der Waals surface area (Å²) in [5.74, 6) is 3.28. The summed E-state index contributed by atoms with van der Waals surface area (Å²) in [5.41, 5.74) is 4.22. The van der Waals surface area contributed by atoms with Crippen molar-refractivity contribution >= 4 is 17.6 Å². The third-order valence-electron chi connectivity index (χ3n) is 4.85. The number of aromatic amines is 1. The average molecular weight is 387 g/mol. The van der Waals surface area contributed by atoms with Gasteiger partial charge in [-0.05, 0) is 25.8 Å². The molecule has 0 amide bonds. The number of nitrogens with one attached hydrogen (secondary N) is 3. The van der Waals surface area contributed by atoms with Gasteiger partial charge in [0.25, 0.3) is 0 Å². The summed E-state index contributed by atoms with van der Waals surface area (Å²) in [6.07, 6.45) is 4.16. The zero-order chi connectivity index (χ0) is 19.6. The predicted octanol–water partition coefficient (Wildman–Crippen LogP) is 4.40. The van der Waals surface area contributed by atoms with Crippen LogP contribution in [0.3, 0.4) is 0 Å². The van der Waals surface area contributed by atoms with Crippen molar-refractivity contribution in [1.82, 2.24) is 25.3 Å². The lowest BCUT2D eigenvalue weighted by Crippen LogP contribution is -2.04. The van der Waals surface area contributed by atoms with Crippen molar-refractivity contribution in [2.45, 2.75) is 32.2 Å². The predicted molar refractivity (Wildman–Crippen MR) is 110 cm³/mol. The number of nitrogens with zero attached hydrogens (tertiary/aromatic N) is 4. The monoisotopic (exact) mass is 387 g/mol. The molecule has 146 valence electrons. The lowest BCUT2D eigenvalue weighted by atomic mass is 10.1. The zero-order valence-electron chi connectivity index (χ0n) is 16.0. The molecule has 1 aliphatic rings. The molecule has 1 saturated carbocycles. The molecule has 5 rings (SSSR count). The van der Waals surface area contributed by atoms with Gasteiger partial charge >= 0.3 is 0 Å². The Hall–Kier alpha value is -3.68. The molecule has 3 N–H and O–H groups in total. The molecule has 0 saturated heterocycles. The third kappa shape index (κ3) is 4.11. The third-order valence-corrected chi connectivity index (χ3v) is 4.85. The van der Waals surface area contributed by atoms with Gasteiger partial charge in [-0.25, -0.2) is 4.98 Å². The van der Waals surface area contributed by atoms with Crippen molar-refractivity contribution in [3.05, 3.63) is 65.7 Å². The van der Waals surface area contributed by atoms with Crippen molar-refractivity contribution in [1.29, 1.82) is 0 Å². The minimum absolute atomic E-state index is 0.441. The van der Waals surface area contributed by atoms with E-state index in [4.69, 9.17) is 4.52 Å². The maximum absolute atomic E-state index is 5.43. The number of H-pyrrole nitrogens is 1. The molecule has 3 aromatic heterocycles. The Morgan fingerprint density at radius 1 is 1.10 bits per heavy atom. The van der Waals surface area contributed by atoms with E-state index in [-0.39, 0.29) is 0 Å². The number of aryl methyl sites for hydroxylation is 1. The molecule has 0 unspecified atom stereocenters. The van der Waals surface area contributed by atoms with Crippen LogP contribution >= 0.6 is 0 Å². The van der Waals surface area contributed by atoms with E-state index in [0.717, 1.165) is 17.1 Å². The highest BCUT2D eigenvalue weighted by Gasteiger charge is 2.25. The number of benzene rings is 1. The standard InChI is InChI=1S/C21H21N7O/c1-13-2-4-15(5-3-13)18-10-16(29-28-18)12-23-21-22-9-8-19(25-21)24-20-11-17(26-27-20)14-6-7-14/h2-5,8-11,14H,6-7,12H2,1H3,(H3,22,23,24,25,26,27). The fraction of sp³-hybridized carbons (Fsp3) is 0.238. The smallest absolute Gasteiger partial charge is 0.224 e. The van der Waals surface area contributed by atoms with Crippen molar-refractivity contribution in [3.63, 3.8) is 0 Å². The van der Waals surface area contributed by atoms with Crippen LogP contribution < -0.4 is 10.6 Å². The molecule has 1 aliphatic carbocycles. The number of rotatable bonds is 7. The lowest BCUT2D eigenvalue weighted by molar-refractivity contribution is 0.390. The van der Waals surface area contributed by atoms with E-state index in [1.807, 2.05) is 24.3 Å². The SMILES string of the molecule is Cc1ccc(-c2cc(CNc3nccc(Nc4cc(C5CC5)[nH]n4)n3)on2)cc1. The van der Waals surface area contributed by atoms with Crippen molar-refractivity contribution in [3.8, 4) is 11.3 Å². The van der Waals surface area contributed by atoms with Crippen molar-refractivity contribution < 1.29 is 4.52 Å². The normalized spacial score (nSPS) is 13.4.